The maximum absolute atomic E-state index is 5.49. The van der Waals surface area contributed by atoms with E-state index in [2.05, 4.69) is 16.0 Å². The molecule has 3 nitrogen and oxygen atoms in total. The molecule has 70 valence electrons. The largest absolute Gasteiger partial charge is 0.356 e. The van der Waals surface area contributed by atoms with Crippen LogP contribution in [0.5, 0.6) is 0 Å². The summed E-state index contributed by atoms with van der Waals surface area (Å²) >= 11 is 0. The Balaban J connectivity index is 1.87. The van der Waals surface area contributed by atoms with Gasteiger partial charge < -0.3 is 10.6 Å². The fraction of sp³-hybridized carbons (Fsp3) is 0.500. The molecular weight excluding hydrogens is 162 g/mol. The molecule has 1 aliphatic heterocycles. The van der Waals surface area contributed by atoms with Crippen LogP contribution in [0, 0.1) is 5.92 Å². The van der Waals surface area contributed by atoms with Gasteiger partial charge in [0, 0.05) is 19.3 Å². The Morgan fingerprint density at radius 3 is 2.92 bits per heavy atom. The van der Waals surface area contributed by atoms with E-state index in [0.717, 1.165) is 37.8 Å². The maximum atomic E-state index is 5.49. The SMILES string of the molecule is NCCC1CN(c2ccccn2)C1. The van der Waals surface area contributed by atoms with Crippen molar-refractivity contribution in [2.45, 2.75) is 6.42 Å². The van der Waals surface area contributed by atoms with Crippen LogP contribution in [0.15, 0.2) is 24.4 Å². The van der Waals surface area contributed by atoms with Crippen LogP contribution < -0.4 is 10.6 Å². The minimum absolute atomic E-state index is 0.784. The van der Waals surface area contributed by atoms with E-state index in [1.54, 1.807) is 0 Å². The lowest BCUT2D eigenvalue weighted by atomic mass is 9.96. The average molecular weight is 177 g/mol. The van der Waals surface area contributed by atoms with Crippen LogP contribution in [0.3, 0.4) is 0 Å². The summed E-state index contributed by atoms with van der Waals surface area (Å²) in [4.78, 5) is 6.58. The topological polar surface area (TPSA) is 42.1 Å². The van der Waals surface area contributed by atoms with Gasteiger partial charge in [-0.25, -0.2) is 4.98 Å². The Hall–Kier alpha value is -1.09. The first kappa shape index (κ1) is 8.51. The Labute approximate surface area is 78.6 Å². The van der Waals surface area contributed by atoms with Gasteiger partial charge in [-0.1, -0.05) is 6.07 Å². The van der Waals surface area contributed by atoms with Crippen molar-refractivity contribution in [1.82, 2.24) is 4.98 Å². The van der Waals surface area contributed by atoms with Crippen LogP contribution in [0.1, 0.15) is 6.42 Å². The van der Waals surface area contributed by atoms with E-state index in [0.29, 0.717) is 0 Å². The van der Waals surface area contributed by atoms with Gasteiger partial charge >= 0.3 is 0 Å². The lowest BCUT2D eigenvalue weighted by Crippen LogP contribution is -2.47. The summed E-state index contributed by atoms with van der Waals surface area (Å²) in [6.07, 6.45) is 2.98. The smallest absolute Gasteiger partial charge is 0.128 e. The molecule has 0 saturated carbocycles. The number of anilines is 1. The summed E-state index contributed by atoms with van der Waals surface area (Å²) in [5, 5.41) is 0. The molecule has 0 bridgehead atoms. The van der Waals surface area contributed by atoms with Crippen molar-refractivity contribution >= 4 is 5.82 Å². The third kappa shape index (κ3) is 1.80. The van der Waals surface area contributed by atoms with Crippen LogP contribution in [-0.4, -0.2) is 24.6 Å². The van der Waals surface area contributed by atoms with Gasteiger partial charge in [0.1, 0.15) is 5.82 Å². The van der Waals surface area contributed by atoms with Gasteiger partial charge in [-0.3, -0.25) is 0 Å². The number of hydrogen-bond acceptors (Lipinski definition) is 3. The number of hydrogen-bond donors (Lipinski definition) is 1. The molecule has 0 aromatic carbocycles. The van der Waals surface area contributed by atoms with Gasteiger partial charge in [0.25, 0.3) is 0 Å². The van der Waals surface area contributed by atoms with Crippen LogP contribution in [0.4, 0.5) is 5.82 Å². The van der Waals surface area contributed by atoms with Crippen molar-refractivity contribution < 1.29 is 0 Å². The average Bonchev–Trinajstić information content (AvgIpc) is 2.12. The van der Waals surface area contributed by atoms with E-state index < -0.39 is 0 Å². The number of rotatable bonds is 3. The molecule has 1 saturated heterocycles. The Morgan fingerprint density at radius 1 is 1.46 bits per heavy atom. The highest BCUT2D eigenvalue weighted by atomic mass is 15.2. The molecule has 0 aliphatic carbocycles. The summed E-state index contributed by atoms with van der Waals surface area (Å²) in [6, 6.07) is 6.03. The lowest BCUT2D eigenvalue weighted by molar-refractivity contribution is 0.386. The first-order valence-corrected chi connectivity index (χ1v) is 4.76. The molecule has 0 radical (unpaired) electrons. The van der Waals surface area contributed by atoms with Gasteiger partial charge in [-0.2, -0.15) is 0 Å². The van der Waals surface area contributed by atoms with Gasteiger partial charge in [-0.05, 0) is 31.0 Å². The predicted octanol–water partition coefficient (Wildman–Crippen LogP) is 0.867. The normalized spacial score (nSPS) is 17.2. The van der Waals surface area contributed by atoms with E-state index in [1.807, 2.05) is 18.3 Å². The molecule has 2 rings (SSSR count). The van der Waals surface area contributed by atoms with Gasteiger partial charge in [-0.15, -0.1) is 0 Å². The number of nitrogens with zero attached hydrogens (tertiary/aromatic N) is 2. The Kier molecular flexibility index (Phi) is 2.45. The summed E-state index contributed by atoms with van der Waals surface area (Å²) in [5.74, 6) is 1.88. The van der Waals surface area contributed by atoms with Gasteiger partial charge in [0.05, 0.1) is 0 Å². The highest BCUT2D eigenvalue weighted by molar-refractivity contribution is 5.40. The van der Waals surface area contributed by atoms with Crippen LogP contribution in [-0.2, 0) is 0 Å². The second-order valence-electron chi connectivity index (χ2n) is 3.54. The standard InChI is InChI=1S/C10H15N3/c11-5-4-9-7-13(8-9)10-3-1-2-6-12-10/h1-3,6,9H,4-5,7-8,11H2. The third-order valence-electron chi connectivity index (χ3n) is 2.51. The molecular formula is C10H15N3. The van der Waals surface area contributed by atoms with Crippen molar-refractivity contribution in [3.8, 4) is 0 Å². The van der Waals surface area contributed by atoms with Crippen molar-refractivity contribution in [3.63, 3.8) is 0 Å². The van der Waals surface area contributed by atoms with Crippen molar-refractivity contribution in [2.75, 3.05) is 24.5 Å². The second kappa shape index (κ2) is 3.75. The lowest BCUT2D eigenvalue weighted by Gasteiger charge is -2.40. The van der Waals surface area contributed by atoms with E-state index in [9.17, 15) is 0 Å². The zero-order chi connectivity index (χ0) is 9.10. The van der Waals surface area contributed by atoms with E-state index in [4.69, 9.17) is 5.73 Å². The van der Waals surface area contributed by atoms with E-state index in [1.165, 1.54) is 0 Å². The predicted molar refractivity (Wildman–Crippen MR) is 53.6 cm³/mol. The first-order chi connectivity index (χ1) is 6.40. The van der Waals surface area contributed by atoms with E-state index in [-0.39, 0.29) is 0 Å². The molecule has 0 amide bonds. The third-order valence-corrected chi connectivity index (χ3v) is 2.51. The monoisotopic (exact) mass is 177 g/mol. The summed E-state index contributed by atoms with van der Waals surface area (Å²) in [5.41, 5.74) is 5.49. The summed E-state index contributed by atoms with van der Waals surface area (Å²) < 4.78 is 0. The summed E-state index contributed by atoms with van der Waals surface area (Å²) in [7, 11) is 0. The molecule has 1 aromatic rings. The van der Waals surface area contributed by atoms with Crippen LogP contribution >= 0.6 is 0 Å². The molecule has 13 heavy (non-hydrogen) atoms. The fourth-order valence-electron chi connectivity index (χ4n) is 1.72. The second-order valence-corrected chi connectivity index (χ2v) is 3.54. The molecule has 3 heteroatoms. The van der Waals surface area contributed by atoms with Gasteiger partial charge in [0.15, 0.2) is 0 Å². The van der Waals surface area contributed by atoms with E-state index >= 15 is 0 Å². The number of nitrogens with two attached hydrogens (primary N) is 1. The molecule has 1 fully saturated rings. The summed E-state index contributed by atoms with van der Waals surface area (Å²) in [6.45, 7) is 3.04. The molecule has 1 aliphatic rings. The fourth-order valence-corrected chi connectivity index (χ4v) is 1.72. The molecule has 2 N–H and O–H groups in total. The Morgan fingerprint density at radius 2 is 2.31 bits per heavy atom. The maximum Gasteiger partial charge on any atom is 0.128 e. The van der Waals surface area contributed by atoms with Crippen molar-refractivity contribution in [3.05, 3.63) is 24.4 Å². The highest BCUT2D eigenvalue weighted by Crippen LogP contribution is 2.23. The number of aromatic nitrogens is 1. The Bertz CT molecular complexity index is 254. The zero-order valence-corrected chi connectivity index (χ0v) is 7.69. The zero-order valence-electron chi connectivity index (χ0n) is 7.69. The van der Waals surface area contributed by atoms with Crippen LogP contribution in [0.2, 0.25) is 0 Å². The molecule has 0 unspecified atom stereocenters. The molecule has 2 heterocycles. The molecule has 0 spiro atoms. The van der Waals surface area contributed by atoms with Crippen molar-refractivity contribution in [1.29, 1.82) is 0 Å². The number of pyridine rings is 1. The van der Waals surface area contributed by atoms with Crippen LogP contribution in [0.25, 0.3) is 0 Å². The van der Waals surface area contributed by atoms with Gasteiger partial charge in [0.2, 0.25) is 0 Å². The molecule has 0 atom stereocenters. The minimum atomic E-state index is 0.784. The minimum Gasteiger partial charge on any atom is -0.356 e. The molecule has 1 aromatic heterocycles. The first-order valence-electron chi connectivity index (χ1n) is 4.76. The highest BCUT2D eigenvalue weighted by Gasteiger charge is 2.26. The van der Waals surface area contributed by atoms with Crippen molar-refractivity contribution in [2.24, 2.45) is 11.7 Å². The quantitative estimate of drug-likeness (QED) is 0.744.